The van der Waals surface area contributed by atoms with Gasteiger partial charge in [-0.15, -0.1) is 0 Å². The lowest BCUT2D eigenvalue weighted by molar-refractivity contribution is -0.142. The van der Waals surface area contributed by atoms with Crippen LogP contribution in [0.1, 0.15) is 10.4 Å². The first-order valence-electron chi connectivity index (χ1n) is 10.5. The highest BCUT2D eigenvalue weighted by Crippen LogP contribution is 2.31. The van der Waals surface area contributed by atoms with Gasteiger partial charge in [0.15, 0.2) is 0 Å². The molecule has 5 rings (SSSR count). The zero-order chi connectivity index (χ0) is 24.6. The summed E-state index contributed by atoms with van der Waals surface area (Å²) in [5.74, 6) is -0.326. The Morgan fingerprint density at radius 1 is 1.00 bits per heavy atom. The van der Waals surface area contributed by atoms with Crippen molar-refractivity contribution < 1.29 is 18.0 Å². The molecule has 1 N–H and O–H groups in total. The van der Waals surface area contributed by atoms with Gasteiger partial charge in [0.1, 0.15) is 12.2 Å². The Labute approximate surface area is 197 Å². The second-order valence-corrected chi connectivity index (χ2v) is 7.85. The molecule has 0 aliphatic carbocycles. The van der Waals surface area contributed by atoms with E-state index in [9.17, 15) is 18.0 Å². The number of amides is 1. The Morgan fingerprint density at radius 2 is 1.80 bits per heavy atom. The van der Waals surface area contributed by atoms with E-state index in [1.807, 2.05) is 0 Å². The Bertz CT molecular complexity index is 1520. The van der Waals surface area contributed by atoms with Crippen LogP contribution < -0.4 is 5.32 Å². The summed E-state index contributed by atoms with van der Waals surface area (Å²) in [4.78, 5) is 18.8. The van der Waals surface area contributed by atoms with Gasteiger partial charge in [0.05, 0.1) is 23.6 Å². The quantitative estimate of drug-likeness (QED) is 0.396. The van der Waals surface area contributed by atoms with Gasteiger partial charge in [-0.3, -0.25) is 14.5 Å². The van der Waals surface area contributed by atoms with Crippen molar-refractivity contribution in [1.82, 2.24) is 29.8 Å². The fourth-order valence-electron chi connectivity index (χ4n) is 3.77. The highest BCUT2D eigenvalue weighted by atomic mass is 19.4. The number of nitrogens with one attached hydrogen (secondary N) is 1. The average molecular weight is 477 g/mol. The second-order valence-electron chi connectivity index (χ2n) is 7.85. The topological polar surface area (TPSA) is 90.5 Å². The highest BCUT2D eigenvalue weighted by Gasteiger charge is 2.28. The maximum atomic E-state index is 12.9. The summed E-state index contributed by atoms with van der Waals surface area (Å²) in [5.41, 5.74) is 4.14. The molecule has 3 aromatic heterocycles. The fraction of sp³-hybridized carbons (Fsp3) is 0.125. The van der Waals surface area contributed by atoms with Gasteiger partial charge >= 0.3 is 6.18 Å². The summed E-state index contributed by atoms with van der Waals surface area (Å²) in [6.45, 7) is -1.17. The molecule has 5 aromatic rings. The monoisotopic (exact) mass is 477 g/mol. The van der Waals surface area contributed by atoms with Crippen LogP contribution in [0, 0.1) is 0 Å². The first kappa shape index (κ1) is 22.3. The Morgan fingerprint density at radius 3 is 2.51 bits per heavy atom. The molecule has 176 valence electrons. The zero-order valence-electron chi connectivity index (χ0n) is 18.4. The van der Waals surface area contributed by atoms with Crippen LogP contribution >= 0.6 is 0 Å². The van der Waals surface area contributed by atoms with Crippen molar-refractivity contribution in [3.63, 3.8) is 0 Å². The Kier molecular flexibility index (Phi) is 5.51. The molecular weight excluding hydrogens is 459 g/mol. The van der Waals surface area contributed by atoms with Crippen LogP contribution in [0.15, 0.2) is 73.3 Å². The molecule has 11 heteroatoms. The number of pyridine rings is 1. The largest absolute Gasteiger partial charge is 0.408 e. The number of hydrogen-bond acceptors (Lipinski definition) is 5. The number of para-hydroxylation sites is 1. The maximum absolute atomic E-state index is 12.9. The summed E-state index contributed by atoms with van der Waals surface area (Å²) in [6.07, 6.45) is 1.54. The lowest BCUT2D eigenvalue weighted by Crippen LogP contribution is -2.17. The van der Waals surface area contributed by atoms with Crippen LogP contribution in [0.2, 0.25) is 0 Å². The van der Waals surface area contributed by atoms with E-state index in [4.69, 9.17) is 0 Å². The smallest absolute Gasteiger partial charge is 0.320 e. The van der Waals surface area contributed by atoms with Crippen LogP contribution in [-0.2, 0) is 13.6 Å². The normalized spacial score (nSPS) is 11.7. The molecule has 0 fully saturated rings. The third-order valence-corrected chi connectivity index (χ3v) is 5.35. The van der Waals surface area contributed by atoms with Crippen molar-refractivity contribution in [1.29, 1.82) is 0 Å². The number of carbonyl (C=O) groups excluding carboxylic acids is 1. The SMILES string of the molecule is Cn1ncc(-c2ccc(C(=O)Nc3cccc4c(-c5cnn(CC(F)(F)F)c5)ccnc34)cc2)n1. The van der Waals surface area contributed by atoms with E-state index in [0.29, 0.717) is 39.0 Å². The van der Waals surface area contributed by atoms with Crippen LogP contribution in [-0.4, -0.2) is 41.8 Å². The van der Waals surface area contributed by atoms with E-state index in [-0.39, 0.29) is 5.91 Å². The fourth-order valence-corrected chi connectivity index (χ4v) is 3.77. The van der Waals surface area contributed by atoms with Gasteiger partial charge < -0.3 is 5.32 Å². The predicted molar refractivity (Wildman–Crippen MR) is 123 cm³/mol. The molecule has 35 heavy (non-hydrogen) atoms. The average Bonchev–Trinajstić information content (AvgIpc) is 3.47. The zero-order valence-corrected chi connectivity index (χ0v) is 18.4. The minimum atomic E-state index is -4.37. The number of aromatic nitrogens is 6. The molecule has 0 bridgehead atoms. The lowest BCUT2D eigenvalue weighted by Gasteiger charge is -2.11. The Hall–Kier alpha value is -4.54. The molecule has 3 heterocycles. The first-order chi connectivity index (χ1) is 16.8. The van der Waals surface area contributed by atoms with Crippen molar-refractivity contribution in [2.75, 3.05) is 5.32 Å². The molecule has 0 saturated carbocycles. The number of fused-ring (bicyclic) bond motifs is 1. The van der Waals surface area contributed by atoms with Gasteiger partial charge in [0.2, 0.25) is 0 Å². The van der Waals surface area contributed by atoms with Crippen molar-refractivity contribution in [3.05, 3.63) is 78.9 Å². The van der Waals surface area contributed by atoms with Crippen molar-refractivity contribution in [2.45, 2.75) is 12.7 Å². The lowest BCUT2D eigenvalue weighted by atomic mass is 10.0. The van der Waals surface area contributed by atoms with E-state index < -0.39 is 12.7 Å². The molecule has 0 saturated heterocycles. The van der Waals surface area contributed by atoms with Gasteiger partial charge in [0.25, 0.3) is 5.91 Å². The van der Waals surface area contributed by atoms with E-state index in [1.54, 1.807) is 68.0 Å². The number of benzene rings is 2. The number of carbonyl (C=O) groups is 1. The van der Waals surface area contributed by atoms with E-state index >= 15 is 0 Å². The Balaban J connectivity index is 1.41. The first-order valence-corrected chi connectivity index (χ1v) is 10.5. The van der Waals surface area contributed by atoms with Gasteiger partial charge in [-0.25, -0.2) is 0 Å². The second kappa shape index (κ2) is 8.67. The number of alkyl halides is 3. The minimum Gasteiger partial charge on any atom is -0.320 e. The molecule has 1 amide bonds. The maximum Gasteiger partial charge on any atom is 0.408 e. The molecule has 0 radical (unpaired) electrons. The highest BCUT2D eigenvalue weighted by molar-refractivity contribution is 6.10. The van der Waals surface area contributed by atoms with E-state index in [1.165, 1.54) is 17.2 Å². The summed E-state index contributed by atoms with van der Waals surface area (Å²) in [6, 6.07) is 13.9. The van der Waals surface area contributed by atoms with Gasteiger partial charge in [-0.05, 0) is 29.8 Å². The van der Waals surface area contributed by atoms with Crippen molar-refractivity contribution >= 4 is 22.5 Å². The van der Waals surface area contributed by atoms with Crippen LogP contribution in [0.5, 0.6) is 0 Å². The van der Waals surface area contributed by atoms with Crippen LogP contribution in [0.3, 0.4) is 0 Å². The predicted octanol–water partition coefficient (Wildman–Crippen LogP) is 4.71. The van der Waals surface area contributed by atoms with Gasteiger partial charge in [-0.1, -0.05) is 24.3 Å². The van der Waals surface area contributed by atoms with Crippen molar-refractivity contribution in [3.8, 4) is 22.4 Å². The summed E-state index contributed by atoms with van der Waals surface area (Å²) in [7, 11) is 1.73. The van der Waals surface area contributed by atoms with Crippen molar-refractivity contribution in [2.24, 2.45) is 7.05 Å². The van der Waals surface area contributed by atoms with E-state index in [0.717, 1.165) is 10.2 Å². The minimum absolute atomic E-state index is 0.326. The molecule has 0 unspecified atom stereocenters. The summed E-state index contributed by atoms with van der Waals surface area (Å²) in [5, 5.41) is 15.7. The number of nitrogens with zero attached hydrogens (tertiary/aromatic N) is 6. The summed E-state index contributed by atoms with van der Waals surface area (Å²) < 4.78 is 39.0. The standard InChI is InChI=1S/C24H18F3N7O/c1-33-29-12-21(32-33)15-5-7-16(8-6-15)23(35)31-20-4-2-3-19-18(9-10-28-22(19)20)17-11-30-34(13-17)14-24(25,26)27/h2-13H,14H2,1H3,(H,31,35). The van der Waals surface area contributed by atoms with Crippen LogP contribution in [0.4, 0.5) is 18.9 Å². The van der Waals surface area contributed by atoms with Gasteiger partial charge in [0, 0.05) is 41.5 Å². The third-order valence-electron chi connectivity index (χ3n) is 5.35. The molecular formula is C24H18F3N7O. The van der Waals surface area contributed by atoms with Gasteiger partial charge in [-0.2, -0.15) is 33.3 Å². The van der Waals surface area contributed by atoms with Crippen LogP contribution in [0.25, 0.3) is 33.3 Å². The number of anilines is 1. The molecule has 0 aliphatic heterocycles. The summed E-state index contributed by atoms with van der Waals surface area (Å²) >= 11 is 0. The van der Waals surface area contributed by atoms with E-state index in [2.05, 4.69) is 25.6 Å². The number of rotatable bonds is 5. The number of aryl methyl sites for hydroxylation is 1. The molecule has 0 aliphatic rings. The molecule has 0 atom stereocenters. The number of hydrogen-bond donors (Lipinski definition) is 1. The molecule has 8 nitrogen and oxygen atoms in total. The molecule has 0 spiro atoms. The third kappa shape index (κ3) is 4.74. The number of halogens is 3. The molecule has 2 aromatic carbocycles.